The number of rotatable bonds is 5. The largest absolute Gasteiger partial charge is 0.469 e. The summed E-state index contributed by atoms with van der Waals surface area (Å²) in [7, 11) is -3.52. The minimum atomic E-state index is -3.52. The van der Waals surface area contributed by atoms with Gasteiger partial charge in [0.2, 0.25) is 10.0 Å². The fraction of sp³-hybridized carbons (Fsp3) is 0.444. The highest BCUT2D eigenvalue weighted by molar-refractivity contribution is 7.89. The van der Waals surface area contributed by atoms with E-state index < -0.39 is 10.0 Å². The number of furan rings is 1. The lowest BCUT2D eigenvalue weighted by atomic mass is 9.94. The molecule has 3 rings (SSSR count). The van der Waals surface area contributed by atoms with Gasteiger partial charge in [-0.25, -0.2) is 13.1 Å². The van der Waals surface area contributed by atoms with E-state index in [1.807, 2.05) is 18.2 Å². The van der Waals surface area contributed by atoms with Crippen molar-refractivity contribution in [3.8, 4) is 0 Å². The molecule has 0 fully saturated rings. The van der Waals surface area contributed by atoms with Crippen LogP contribution in [0.1, 0.15) is 49.6 Å². The van der Waals surface area contributed by atoms with Crippen LogP contribution < -0.4 is 4.72 Å². The lowest BCUT2D eigenvalue weighted by Crippen LogP contribution is -2.30. The summed E-state index contributed by atoms with van der Waals surface area (Å²) < 4.78 is 33.5. The van der Waals surface area contributed by atoms with Gasteiger partial charge in [-0.05, 0) is 48.9 Å². The summed E-state index contributed by atoms with van der Waals surface area (Å²) >= 11 is 0. The summed E-state index contributed by atoms with van der Waals surface area (Å²) in [5.41, 5.74) is 2.13. The van der Waals surface area contributed by atoms with Crippen LogP contribution in [0.5, 0.6) is 0 Å². The number of fused-ring (bicyclic) bond motifs is 1. The normalized spacial score (nSPS) is 18.1. The van der Waals surface area contributed by atoms with E-state index >= 15 is 0 Å². The van der Waals surface area contributed by atoms with Gasteiger partial charge in [0.05, 0.1) is 17.2 Å². The van der Waals surface area contributed by atoms with Crippen LogP contribution in [0.25, 0.3) is 0 Å². The third-order valence-corrected chi connectivity index (χ3v) is 5.71. The molecule has 0 radical (unpaired) electrons. The molecule has 124 valence electrons. The zero-order valence-corrected chi connectivity index (χ0v) is 14.4. The first-order chi connectivity index (χ1) is 11.0. The highest BCUT2D eigenvalue weighted by atomic mass is 32.2. The molecule has 23 heavy (non-hydrogen) atoms. The van der Waals surface area contributed by atoms with E-state index in [1.165, 1.54) is 0 Å². The Bertz CT molecular complexity index is 760. The molecule has 1 heterocycles. The van der Waals surface area contributed by atoms with Gasteiger partial charge in [-0.2, -0.15) is 0 Å². The monoisotopic (exact) mass is 333 g/mol. The van der Waals surface area contributed by atoms with Crippen molar-refractivity contribution in [2.75, 3.05) is 0 Å². The highest BCUT2D eigenvalue weighted by Gasteiger charge is 2.27. The van der Waals surface area contributed by atoms with E-state index in [0.29, 0.717) is 10.8 Å². The van der Waals surface area contributed by atoms with Gasteiger partial charge in [-0.1, -0.05) is 26.0 Å². The van der Waals surface area contributed by atoms with Crippen molar-refractivity contribution in [1.29, 1.82) is 0 Å². The van der Waals surface area contributed by atoms with Crippen LogP contribution in [0.15, 0.2) is 45.9 Å². The van der Waals surface area contributed by atoms with Gasteiger partial charge in [0.1, 0.15) is 5.76 Å². The van der Waals surface area contributed by atoms with Gasteiger partial charge in [-0.15, -0.1) is 0 Å². The lowest BCUT2D eigenvalue weighted by molar-refractivity contribution is 0.438. The minimum Gasteiger partial charge on any atom is -0.469 e. The molecule has 4 nitrogen and oxygen atoms in total. The standard InChI is InChI=1S/C18H23NO3S/c1-13(2)12-14-6-8-15(9-7-14)23(20,21)19-17-4-3-5-18-16(17)10-11-22-18/h6-11,13,17,19H,3-5,12H2,1-2H3. The number of sulfonamides is 1. The van der Waals surface area contributed by atoms with Crippen LogP contribution in [0, 0.1) is 5.92 Å². The van der Waals surface area contributed by atoms with E-state index in [2.05, 4.69) is 18.6 Å². The summed E-state index contributed by atoms with van der Waals surface area (Å²) in [4.78, 5) is 0.320. The molecule has 0 bridgehead atoms. The molecule has 0 aliphatic heterocycles. The summed E-state index contributed by atoms with van der Waals surface area (Å²) in [5, 5.41) is 0. The summed E-state index contributed by atoms with van der Waals surface area (Å²) in [6.45, 7) is 4.30. The predicted octanol–water partition coefficient (Wildman–Crippen LogP) is 3.83. The maximum Gasteiger partial charge on any atom is 0.241 e. The zero-order chi connectivity index (χ0) is 16.4. The van der Waals surface area contributed by atoms with Crippen LogP contribution in [0.4, 0.5) is 0 Å². The summed E-state index contributed by atoms with van der Waals surface area (Å²) in [5.74, 6) is 1.45. The van der Waals surface area contributed by atoms with Crippen LogP contribution in [-0.2, 0) is 22.9 Å². The van der Waals surface area contributed by atoms with Gasteiger partial charge in [-0.3, -0.25) is 0 Å². The number of nitrogens with one attached hydrogen (secondary N) is 1. The molecule has 5 heteroatoms. The Labute approximate surface area is 138 Å². The van der Waals surface area contributed by atoms with Gasteiger partial charge >= 0.3 is 0 Å². The Balaban J connectivity index is 1.78. The molecule has 1 aromatic carbocycles. The molecular formula is C18H23NO3S. The van der Waals surface area contributed by atoms with Crippen LogP contribution in [0.3, 0.4) is 0 Å². The zero-order valence-electron chi connectivity index (χ0n) is 13.6. The first-order valence-corrected chi connectivity index (χ1v) is 9.61. The van der Waals surface area contributed by atoms with E-state index in [4.69, 9.17) is 4.42 Å². The molecule has 1 N–H and O–H groups in total. The molecule has 1 aliphatic rings. The first-order valence-electron chi connectivity index (χ1n) is 8.13. The molecule has 1 aliphatic carbocycles. The number of hydrogen-bond donors (Lipinski definition) is 1. The van der Waals surface area contributed by atoms with E-state index in [0.717, 1.165) is 42.6 Å². The SMILES string of the molecule is CC(C)Cc1ccc(S(=O)(=O)NC2CCCc3occc32)cc1. The van der Waals surface area contributed by atoms with Crippen LogP contribution >= 0.6 is 0 Å². The van der Waals surface area contributed by atoms with Gasteiger partial charge in [0.15, 0.2) is 0 Å². The maximum absolute atomic E-state index is 12.6. The summed E-state index contributed by atoms with van der Waals surface area (Å²) in [6, 6.07) is 8.86. The third-order valence-electron chi connectivity index (χ3n) is 4.23. The van der Waals surface area contributed by atoms with Crippen LogP contribution in [-0.4, -0.2) is 8.42 Å². The number of aryl methyl sites for hydroxylation is 1. The first kappa shape index (κ1) is 16.3. The smallest absolute Gasteiger partial charge is 0.241 e. The molecule has 1 unspecified atom stereocenters. The quantitative estimate of drug-likeness (QED) is 0.904. The van der Waals surface area contributed by atoms with Crippen molar-refractivity contribution in [3.05, 3.63) is 53.5 Å². The molecule has 0 saturated heterocycles. The van der Waals surface area contributed by atoms with Gasteiger partial charge in [0, 0.05) is 12.0 Å². The summed E-state index contributed by atoms with van der Waals surface area (Å²) in [6.07, 6.45) is 5.20. The average Bonchev–Trinajstić information content (AvgIpc) is 2.96. The Morgan fingerprint density at radius 2 is 1.96 bits per heavy atom. The van der Waals surface area contributed by atoms with E-state index in [1.54, 1.807) is 18.4 Å². The second-order valence-corrected chi connectivity index (χ2v) is 8.32. The lowest BCUT2D eigenvalue weighted by Gasteiger charge is -2.22. The number of benzene rings is 1. The van der Waals surface area contributed by atoms with Crippen LogP contribution in [0.2, 0.25) is 0 Å². The minimum absolute atomic E-state index is 0.196. The third kappa shape index (κ3) is 3.67. The maximum atomic E-state index is 12.6. The Morgan fingerprint density at radius 3 is 2.65 bits per heavy atom. The molecular weight excluding hydrogens is 310 g/mol. The molecule has 1 atom stereocenters. The molecule has 2 aromatic rings. The van der Waals surface area contributed by atoms with Crippen molar-refractivity contribution in [1.82, 2.24) is 4.72 Å². The van der Waals surface area contributed by atoms with Crippen molar-refractivity contribution in [2.45, 2.75) is 50.5 Å². The molecule has 1 aromatic heterocycles. The molecule has 0 spiro atoms. The van der Waals surface area contributed by atoms with E-state index in [9.17, 15) is 8.42 Å². The fourth-order valence-electron chi connectivity index (χ4n) is 3.14. The van der Waals surface area contributed by atoms with Gasteiger partial charge in [0.25, 0.3) is 0 Å². The predicted molar refractivity (Wildman–Crippen MR) is 89.7 cm³/mol. The highest BCUT2D eigenvalue weighted by Crippen LogP contribution is 2.31. The van der Waals surface area contributed by atoms with Crippen molar-refractivity contribution in [3.63, 3.8) is 0 Å². The van der Waals surface area contributed by atoms with Crippen molar-refractivity contribution >= 4 is 10.0 Å². The number of hydrogen-bond acceptors (Lipinski definition) is 3. The average molecular weight is 333 g/mol. The second-order valence-electron chi connectivity index (χ2n) is 6.61. The molecule has 0 saturated carbocycles. The fourth-order valence-corrected chi connectivity index (χ4v) is 4.39. The second kappa shape index (κ2) is 6.49. The topological polar surface area (TPSA) is 59.3 Å². The molecule has 0 amide bonds. The Kier molecular flexibility index (Phi) is 4.60. The van der Waals surface area contributed by atoms with Gasteiger partial charge < -0.3 is 4.42 Å². The Hall–Kier alpha value is -1.59. The van der Waals surface area contributed by atoms with E-state index in [-0.39, 0.29) is 6.04 Å². The van der Waals surface area contributed by atoms with Crippen molar-refractivity contribution < 1.29 is 12.8 Å². The van der Waals surface area contributed by atoms with Crippen molar-refractivity contribution in [2.24, 2.45) is 5.92 Å². The Morgan fingerprint density at radius 1 is 1.22 bits per heavy atom.